The van der Waals surface area contributed by atoms with Crippen molar-refractivity contribution in [2.24, 2.45) is 0 Å². The predicted octanol–water partition coefficient (Wildman–Crippen LogP) is 3.77. The highest BCUT2D eigenvalue weighted by molar-refractivity contribution is 9.10. The summed E-state index contributed by atoms with van der Waals surface area (Å²) in [5.74, 6) is -0.129. The van der Waals surface area contributed by atoms with E-state index in [1.165, 1.54) is 6.92 Å². The van der Waals surface area contributed by atoms with E-state index in [0.717, 1.165) is 16.5 Å². The number of benzene rings is 2. The van der Waals surface area contributed by atoms with Crippen LogP contribution in [0.1, 0.15) is 12.5 Å². The lowest BCUT2D eigenvalue weighted by atomic mass is 10.1. The highest BCUT2D eigenvalue weighted by Gasteiger charge is 2.02. The minimum atomic E-state index is -0.257. The van der Waals surface area contributed by atoms with Gasteiger partial charge in [0.05, 0.1) is 0 Å². The standard InChI is InChI=1S/C17H18BrN3O2/c1-12(22)20-15-5-7-16(8-6-15)21-17(23)19-10-9-13-3-2-4-14(18)11-13/h2-8,11H,9-10H2,1H3,(H,20,22)(H2,19,21,23). The Labute approximate surface area is 143 Å². The lowest BCUT2D eigenvalue weighted by Crippen LogP contribution is -2.30. The summed E-state index contributed by atoms with van der Waals surface area (Å²) < 4.78 is 1.03. The van der Waals surface area contributed by atoms with E-state index < -0.39 is 0 Å². The molecule has 2 aromatic carbocycles. The molecule has 23 heavy (non-hydrogen) atoms. The van der Waals surface area contributed by atoms with Crippen LogP contribution in [0.25, 0.3) is 0 Å². The van der Waals surface area contributed by atoms with E-state index in [0.29, 0.717) is 17.9 Å². The number of hydrogen-bond donors (Lipinski definition) is 3. The Morgan fingerprint density at radius 2 is 1.65 bits per heavy atom. The third-order valence-electron chi connectivity index (χ3n) is 3.05. The van der Waals surface area contributed by atoms with Gasteiger partial charge in [-0.2, -0.15) is 0 Å². The van der Waals surface area contributed by atoms with Crippen LogP contribution in [0.3, 0.4) is 0 Å². The van der Waals surface area contributed by atoms with Gasteiger partial charge in [0.25, 0.3) is 0 Å². The molecule has 0 spiro atoms. The Kier molecular flexibility index (Phi) is 6.17. The molecule has 0 aliphatic rings. The summed E-state index contributed by atoms with van der Waals surface area (Å²) >= 11 is 3.42. The van der Waals surface area contributed by atoms with Crippen LogP contribution in [0.4, 0.5) is 16.2 Å². The maximum atomic E-state index is 11.8. The van der Waals surface area contributed by atoms with Gasteiger partial charge in [0.15, 0.2) is 0 Å². The summed E-state index contributed by atoms with van der Waals surface area (Å²) in [7, 11) is 0. The van der Waals surface area contributed by atoms with Crippen molar-refractivity contribution in [3.05, 3.63) is 58.6 Å². The van der Waals surface area contributed by atoms with E-state index in [-0.39, 0.29) is 11.9 Å². The van der Waals surface area contributed by atoms with Crippen molar-refractivity contribution in [2.45, 2.75) is 13.3 Å². The van der Waals surface area contributed by atoms with E-state index in [9.17, 15) is 9.59 Å². The van der Waals surface area contributed by atoms with Gasteiger partial charge in [-0.3, -0.25) is 4.79 Å². The number of rotatable bonds is 5. The highest BCUT2D eigenvalue weighted by atomic mass is 79.9. The molecule has 5 nitrogen and oxygen atoms in total. The first kappa shape index (κ1) is 17.0. The Bertz CT molecular complexity index is 686. The quantitative estimate of drug-likeness (QED) is 0.744. The van der Waals surface area contributed by atoms with Crippen LogP contribution in [0.2, 0.25) is 0 Å². The molecule has 2 aromatic rings. The average Bonchev–Trinajstić information content (AvgIpc) is 2.49. The fourth-order valence-corrected chi connectivity index (χ4v) is 2.47. The number of carbonyl (C=O) groups is 2. The van der Waals surface area contributed by atoms with Crippen molar-refractivity contribution in [1.29, 1.82) is 0 Å². The Morgan fingerprint density at radius 3 is 2.26 bits per heavy atom. The van der Waals surface area contributed by atoms with E-state index in [2.05, 4.69) is 31.9 Å². The molecule has 0 unspecified atom stereocenters. The molecule has 0 heterocycles. The van der Waals surface area contributed by atoms with Gasteiger partial charge in [0, 0.05) is 29.3 Å². The number of amides is 3. The normalized spacial score (nSPS) is 10.0. The first-order valence-corrected chi connectivity index (χ1v) is 7.99. The van der Waals surface area contributed by atoms with Gasteiger partial charge in [-0.1, -0.05) is 28.1 Å². The molecule has 3 N–H and O–H groups in total. The van der Waals surface area contributed by atoms with Crippen molar-refractivity contribution in [2.75, 3.05) is 17.2 Å². The molecule has 120 valence electrons. The topological polar surface area (TPSA) is 70.2 Å². The second-order valence-electron chi connectivity index (χ2n) is 5.02. The van der Waals surface area contributed by atoms with E-state index >= 15 is 0 Å². The van der Waals surface area contributed by atoms with Crippen LogP contribution in [0, 0.1) is 0 Å². The monoisotopic (exact) mass is 375 g/mol. The van der Waals surface area contributed by atoms with Crippen LogP contribution in [-0.2, 0) is 11.2 Å². The minimum Gasteiger partial charge on any atom is -0.338 e. The summed E-state index contributed by atoms with van der Waals surface area (Å²) in [6.45, 7) is 2.00. The zero-order chi connectivity index (χ0) is 16.7. The fraction of sp³-hybridized carbons (Fsp3) is 0.176. The minimum absolute atomic E-state index is 0.129. The summed E-state index contributed by atoms with van der Waals surface area (Å²) in [5, 5.41) is 8.23. The third kappa shape index (κ3) is 6.12. The van der Waals surface area contributed by atoms with Crippen molar-refractivity contribution < 1.29 is 9.59 Å². The molecule has 0 aliphatic carbocycles. The Balaban J connectivity index is 1.77. The largest absolute Gasteiger partial charge is 0.338 e. The van der Waals surface area contributed by atoms with Gasteiger partial charge in [-0.05, 0) is 48.4 Å². The summed E-state index contributed by atoms with van der Waals surface area (Å²) in [6.07, 6.45) is 0.758. The van der Waals surface area contributed by atoms with Crippen molar-refractivity contribution in [1.82, 2.24) is 5.32 Å². The number of urea groups is 1. The van der Waals surface area contributed by atoms with Crippen LogP contribution in [-0.4, -0.2) is 18.5 Å². The van der Waals surface area contributed by atoms with Crippen molar-refractivity contribution in [3.8, 4) is 0 Å². The molecular formula is C17H18BrN3O2. The Morgan fingerprint density at radius 1 is 1.00 bits per heavy atom. The molecule has 0 aliphatic heterocycles. The molecule has 2 rings (SSSR count). The molecule has 0 fully saturated rings. The fourth-order valence-electron chi connectivity index (χ4n) is 2.03. The molecule has 0 saturated carbocycles. The smallest absolute Gasteiger partial charge is 0.319 e. The first-order chi connectivity index (χ1) is 11.0. The molecule has 0 aromatic heterocycles. The zero-order valence-corrected chi connectivity index (χ0v) is 14.3. The SMILES string of the molecule is CC(=O)Nc1ccc(NC(=O)NCCc2cccc(Br)c2)cc1. The van der Waals surface area contributed by atoms with Crippen LogP contribution in [0.15, 0.2) is 53.0 Å². The highest BCUT2D eigenvalue weighted by Crippen LogP contribution is 2.13. The van der Waals surface area contributed by atoms with E-state index in [1.54, 1.807) is 24.3 Å². The van der Waals surface area contributed by atoms with Gasteiger partial charge in [-0.25, -0.2) is 4.79 Å². The van der Waals surface area contributed by atoms with Crippen LogP contribution in [0.5, 0.6) is 0 Å². The van der Waals surface area contributed by atoms with Crippen molar-refractivity contribution in [3.63, 3.8) is 0 Å². The summed E-state index contributed by atoms with van der Waals surface area (Å²) in [4.78, 5) is 22.8. The molecule has 3 amide bonds. The molecule has 0 atom stereocenters. The second kappa shape index (κ2) is 8.33. The number of hydrogen-bond acceptors (Lipinski definition) is 2. The van der Waals surface area contributed by atoms with Crippen LogP contribution < -0.4 is 16.0 Å². The van der Waals surface area contributed by atoms with Gasteiger partial charge in [0.2, 0.25) is 5.91 Å². The molecule has 6 heteroatoms. The molecule has 0 bridgehead atoms. The number of nitrogens with one attached hydrogen (secondary N) is 3. The third-order valence-corrected chi connectivity index (χ3v) is 3.54. The number of halogens is 1. The summed E-state index contributed by atoms with van der Waals surface area (Å²) in [5.41, 5.74) is 2.51. The van der Waals surface area contributed by atoms with E-state index in [1.807, 2.05) is 24.3 Å². The van der Waals surface area contributed by atoms with Gasteiger partial charge in [-0.15, -0.1) is 0 Å². The van der Waals surface area contributed by atoms with Crippen molar-refractivity contribution >= 4 is 39.2 Å². The van der Waals surface area contributed by atoms with Gasteiger partial charge >= 0.3 is 6.03 Å². The lowest BCUT2D eigenvalue weighted by molar-refractivity contribution is -0.114. The van der Waals surface area contributed by atoms with Gasteiger partial charge in [0.1, 0.15) is 0 Å². The Hall–Kier alpha value is -2.34. The molecule has 0 radical (unpaired) electrons. The average molecular weight is 376 g/mol. The summed E-state index contributed by atoms with van der Waals surface area (Å²) in [6, 6.07) is 14.7. The van der Waals surface area contributed by atoms with Gasteiger partial charge < -0.3 is 16.0 Å². The van der Waals surface area contributed by atoms with Crippen LogP contribution >= 0.6 is 15.9 Å². The first-order valence-electron chi connectivity index (χ1n) is 7.20. The van der Waals surface area contributed by atoms with E-state index in [4.69, 9.17) is 0 Å². The maximum Gasteiger partial charge on any atom is 0.319 e. The number of anilines is 2. The molecular weight excluding hydrogens is 358 g/mol. The maximum absolute atomic E-state index is 11.8. The second-order valence-corrected chi connectivity index (χ2v) is 5.94. The number of carbonyl (C=O) groups excluding carboxylic acids is 2. The lowest BCUT2D eigenvalue weighted by Gasteiger charge is -2.09. The zero-order valence-electron chi connectivity index (χ0n) is 12.7. The predicted molar refractivity (Wildman–Crippen MR) is 95.6 cm³/mol. The molecule has 0 saturated heterocycles.